The van der Waals surface area contributed by atoms with Gasteiger partial charge < -0.3 is 4.90 Å². The van der Waals surface area contributed by atoms with E-state index in [4.69, 9.17) is 0 Å². The van der Waals surface area contributed by atoms with E-state index in [2.05, 4.69) is 11.9 Å². The van der Waals surface area contributed by atoms with E-state index >= 15 is 0 Å². The van der Waals surface area contributed by atoms with E-state index in [0.717, 1.165) is 6.54 Å². The second-order valence-corrected chi connectivity index (χ2v) is 1.82. The van der Waals surface area contributed by atoms with Crippen molar-refractivity contribution in [1.29, 1.82) is 0 Å². The predicted molar refractivity (Wildman–Crippen MR) is 41.6 cm³/mol. The first-order valence-electron chi connectivity index (χ1n) is 3.16. The maximum absolute atomic E-state index is 3.98. The fourth-order valence-electron chi connectivity index (χ4n) is 0.320. The summed E-state index contributed by atoms with van der Waals surface area (Å²) in [4.78, 5) is 5.99. The van der Waals surface area contributed by atoms with Gasteiger partial charge in [-0.25, -0.2) is 4.99 Å². The molecule has 9 heavy (non-hydrogen) atoms. The lowest BCUT2D eigenvalue weighted by Crippen LogP contribution is -2.14. The van der Waals surface area contributed by atoms with Crippen LogP contribution in [0.5, 0.6) is 0 Å². The van der Waals surface area contributed by atoms with Gasteiger partial charge in [-0.3, -0.25) is 0 Å². The summed E-state index contributed by atoms with van der Waals surface area (Å²) in [5.41, 5.74) is 0. The molecular formula is C7H14N2. The van der Waals surface area contributed by atoms with Gasteiger partial charge in [0.1, 0.15) is 0 Å². The standard InChI is InChI=1S/C7H14N2/c1-4-6-8-7-9(3)5-2/h4,6-7H,5H2,1-3H3/b6-4-,8-7?. The zero-order valence-corrected chi connectivity index (χ0v) is 6.33. The molecule has 2 heteroatoms. The fraction of sp³-hybridized carbons (Fsp3) is 0.571. The molecule has 0 aliphatic carbocycles. The summed E-state index contributed by atoms with van der Waals surface area (Å²) >= 11 is 0. The first kappa shape index (κ1) is 8.21. The number of allylic oxidation sites excluding steroid dienone is 1. The van der Waals surface area contributed by atoms with Crippen LogP contribution in [0.4, 0.5) is 0 Å². The van der Waals surface area contributed by atoms with Crippen LogP contribution in [-0.4, -0.2) is 24.8 Å². The minimum Gasteiger partial charge on any atom is -0.366 e. The van der Waals surface area contributed by atoms with Crippen LogP contribution in [0.3, 0.4) is 0 Å². The average Bonchev–Trinajstić information content (AvgIpc) is 1.89. The second kappa shape index (κ2) is 5.35. The fourth-order valence-corrected chi connectivity index (χ4v) is 0.320. The first-order valence-corrected chi connectivity index (χ1v) is 3.16. The quantitative estimate of drug-likeness (QED) is 0.413. The molecule has 0 aromatic heterocycles. The number of hydrogen-bond acceptors (Lipinski definition) is 1. The van der Waals surface area contributed by atoms with E-state index in [-0.39, 0.29) is 0 Å². The van der Waals surface area contributed by atoms with Gasteiger partial charge in [0.05, 0.1) is 6.34 Å². The molecule has 0 aliphatic rings. The van der Waals surface area contributed by atoms with E-state index in [1.54, 1.807) is 12.5 Å². The molecule has 0 fully saturated rings. The lowest BCUT2D eigenvalue weighted by Gasteiger charge is -2.06. The number of rotatable bonds is 3. The molecule has 0 heterocycles. The lowest BCUT2D eigenvalue weighted by atomic mass is 10.7. The van der Waals surface area contributed by atoms with Gasteiger partial charge in [-0.15, -0.1) is 0 Å². The predicted octanol–water partition coefficient (Wildman–Crippen LogP) is 1.50. The molecule has 0 aromatic carbocycles. The van der Waals surface area contributed by atoms with Gasteiger partial charge in [-0.2, -0.15) is 0 Å². The highest BCUT2D eigenvalue weighted by atomic mass is 15.1. The maximum Gasteiger partial charge on any atom is 0.0902 e. The van der Waals surface area contributed by atoms with Crippen LogP contribution in [0.25, 0.3) is 0 Å². The highest BCUT2D eigenvalue weighted by Crippen LogP contribution is 1.75. The lowest BCUT2D eigenvalue weighted by molar-refractivity contribution is 0.552. The molecule has 0 radical (unpaired) electrons. The van der Waals surface area contributed by atoms with Gasteiger partial charge in [0.25, 0.3) is 0 Å². The molecule has 0 aromatic rings. The molecule has 0 unspecified atom stereocenters. The smallest absolute Gasteiger partial charge is 0.0902 e. The Balaban J connectivity index is 3.43. The van der Waals surface area contributed by atoms with E-state index in [9.17, 15) is 0 Å². The van der Waals surface area contributed by atoms with Gasteiger partial charge in [0.2, 0.25) is 0 Å². The summed E-state index contributed by atoms with van der Waals surface area (Å²) in [5, 5.41) is 0. The van der Waals surface area contributed by atoms with Crippen LogP contribution in [-0.2, 0) is 0 Å². The molecule has 0 rings (SSSR count). The third-order valence-corrected chi connectivity index (χ3v) is 0.998. The number of aliphatic imine (C=N–C) groups is 1. The zero-order valence-electron chi connectivity index (χ0n) is 6.33. The molecule has 0 N–H and O–H groups in total. The minimum atomic E-state index is 1.00. The molecule has 52 valence electrons. The summed E-state index contributed by atoms with van der Waals surface area (Å²) < 4.78 is 0. The van der Waals surface area contributed by atoms with Gasteiger partial charge in [0.15, 0.2) is 0 Å². The normalized spacial score (nSPS) is 11.4. The number of nitrogens with zero attached hydrogens (tertiary/aromatic N) is 2. The molecule has 0 amide bonds. The van der Waals surface area contributed by atoms with E-state index in [1.165, 1.54) is 0 Å². The van der Waals surface area contributed by atoms with Gasteiger partial charge in [0, 0.05) is 19.8 Å². The van der Waals surface area contributed by atoms with Crippen LogP contribution < -0.4 is 0 Å². The Morgan fingerprint density at radius 1 is 1.56 bits per heavy atom. The molecule has 0 saturated heterocycles. The molecule has 0 saturated carbocycles. The SMILES string of the molecule is C/C=C\N=CN(C)CC. The topological polar surface area (TPSA) is 15.6 Å². The Bertz CT molecular complexity index is 105. The van der Waals surface area contributed by atoms with Crippen molar-refractivity contribution in [2.45, 2.75) is 13.8 Å². The summed E-state index contributed by atoms with van der Waals surface area (Å²) in [5.74, 6) is 0. The van der Waals surface area contributed by atoms with E-state index in [0.29, 0.717) is 0 Å². The van der Waals surface area contributed by atoms with Crippen molar-refractivity contribution in [2.24, 2.45) is 4.99 Å². The van der Waals surface area contributed by atoms with Crippen molar-refractivity contribution in [3.05, 3.63) is 12.3 Å². The van der Waals surface area contributed by atoms with Crippen LogP contribution in [0.2, 0.25) is 0 Å². The summed E-state index contributed by atoms with van der Waals surface area (Å²) in [6.45, 7) is 5.03. The van der Waals surface area contributed by atoms with Gasteiger partial charge in [-0.1, -0.05) is 6.08 Å². The van der Waals surface area contributed by atoms with Crippen molar-refractivity contribution in [3.8, 4) is 0 Å². The van der Waals surface area contributed by atoms with E-state index in [1.807, 2.05) is 24.9 Å². The zero-order chi connectivity index (χ0) is 7.11. The average molecular weight is 126 g/mol. The molecule has 0 spiro atoms. The summed E-state index contributed by atoms with van der Waals surface area (Å²) in [7, 11) is 1.99. The van der Waals surface area contributed by atoms with Crippen molar-refractivity contribution < 1.29 is 0 Å². The minimum absolute atomic E-state index is 1.00. The number of hydrogen-bond donors (Lipinski definition) is 0. The Hall–Kier alpha value is -0.790. The third kappa shape index (κ3) is 5.07. The van der Waals surface area contributed by atoms with Crippen LogP contribution in [0, 0.1) is 0 Å². The van der Waals surface area contributed by atoms with Crippen molar-refractivity contribution in [2.75, 3.05) is 13.6 Å². The van der Waals surface area contributed by atoms with Gasteiger partial charge in [-0.05, 0) is 13.8 Å². The molecule has 2 nitrogen and oxygen atoms in total. The highest BCUT2D eigenvalue weighted by Gasteiger charge is 1.79. The van der Waals surface area contributed by atoms with Gasteiger partial charge >= 0.3 is 0 Å². The van der Waals surface area contributed by atoms with Crippen molar-refractivity contribution >= 4 is 6.34 Å². The van der Waals surface area contributed by atoms with Crippen LogP contribution in [0.1, 0.15) is 13.8 Å². The largest absolute Gasteiger partial charge is 0.366 e. The van der Waals surface area contributed by atoms with Crippen molar-refractivity contribution in [1.82, 2.24) is 4.90 Å². The monoisotopic (exact) mass is 126 g/mol. The Kier molecular flexibility index (Phi) is 4.88. The van der Waals surface area contributed by atoms with E-state index < -0.39 is 0 Å². The Labute approximate surface area is 56.9 Å². The molecule has 0 atom stereocenters. The Morgan fingerprint density at radius 2 is 2.22 bits per heavy atom. The first-order chi connectivity index (χ1) is 4.31. The maximum atomic E-state index is 3.98. The second-order valence-electron chi connectivity index (χ2n) is 1.82. The van der Waals surface area contributed by atoms with Crippen LogP contribution >= 0.6 is 0 Å². The highest BCUT2D eigenvalue weighted by molar-refractivity contribution is 5.55. The molecular weight excluding hydrogens is 112 g/mol. The molecule has 0 aliphatic heterocycles. The summed E-state index contributed by atoms with van der Waals surface area (Å²) in [6.07, 6.45) is 5.48. The van der Waals surface area contributed by atoms with Crippen LogP contribution in [0.15, 0.2) is 17.3 Å². The molecule has 0 bridgehead atoms. The Morgan fingerprint density at radius 3 is 2.67 bits per heavy atom. The summed E-state index contributed by atoms with van der Waals surface area (Å²) in [6, 6.07) is 0. The third-order valence-electron chi connectivity index (χ3n) is 0.998. The van der Waals surface area contributed by atoms with Crippen molar-refractivity contribution in [3.63, 3.8) is 0 Å².